The summed E-state index contributed by atoms with van der Waals surface area (Å²) in [6, 6.07) is 23.5. The molecule has 3 aromatic rings. The Hall–Kier alpha value is -3.60. The van der Waals surface area contributed by atoms with Crippen molar-refractivity contribution in [3.63, 3.8) is 0 Å². The first-order chi connectivity index (χ1) is 12.7. The molecule has 0 saturated carbocycles. The first-order valence-electron chi connectivity index (χ1n) is 8.11. The average Bonchev–Trinajstić information content (AvgIpc) is 2.68. The van der Waals surface area contributed by atoms with E-state index in [1.807, 2.05) is 54.6 Å². The van der Waals surface area contributed by atoms with Crippen LogP contribution in [0.1, 0.15) is 21.5 Å². The fraction of sp³-hybridized carbons (Fsp3) is 0.0476. The number of ether oxygens (including phenoxy) is 1. The van der Waals surface area contributed by atoms with Gasteiger partial charge in [0, 0.05) is 5.56 Å². The van der Waals surface area contributed by atoms with Gasteiger partial charge >= 0.3 is 0 Å². The van der Waals surface area contributed by atoms with Crippen LogP contribution in [0.2, 0.25) is 0 Å². The van der Waals surface area contributed by atoms with Gasteiger partial charge in [0.05, 0.1) is 11.8 Å². The zero-order valence-electron chi connectivity index (χ0n) is 14.0. The van der Waals surface area contributed by atoms with E-state index >= 15 is 0 Å². The van der Waals surface area contributed by atoms with Gasteiger partial charge in [0.2, 0.25) is 0 Å². The number of nitrogens with zero attached hydrogens (tertiary/aromatic N) is 1. The summed E-state index contributed by atoms with van der Waals surface area (Å²) in [5, 5.41) is 13.7. The molecule has 0 atom stereocenters. The van der Waals surface area contributed by atoms with Gasteiger partial charge in [-0.15, -0.1) is 0 Å². The predicted molar refractivity (Wildman–Crippen MR) is 100 cm³/mol. The molecule has 5 nitrogen and oxygen atoms in total. The van der Waals surface area contributed by atoms with E-state index in [2.05, 4.69) is 10.5 Å². The van der Waals surface area contributed by atoms with Gasteiger partial charge in [-0.3, -0.25) is 4.79 Å². The van der Waals surface area contributed by atoms with Crippen molar-refractivity contribution >= 4 is 12.1 Å². The number of carbonyl (C=O) groups excluding carboxylic acids is 1. The van der Waals surface area contributed by atoms with Crippen LogP contribution in [0.5, 0.6) is 11.5 Å². The molecule has 0 radical (unpaired) electrons. The van der Waals surface area contributed by atoms with Gasteiger partial charge in [0.15, 0.2) is 0 Å². The number of benzene rings is 3. The Morgan fingerprint density at radius 1 is 0.962 bits per heavy atom. The van der Waals surface area contributed by atoms with Gasteiger partial charge < -0.3 is 9.84 Å². The monoisotopic (exact) mass is 346 g/mol. The van der Waals surface area contributed by atoms with Gasteiger partial charge in [-0.1, -0.05) is 54.6 Å². The van der Waals surface area contributed by atoms with Crippen molar-refractivity contribution in [2.45, 2.75) is 6.61 Å². The maximum Gasteiger partial charge on any atom is 0.275 e. The number of nitrogens with one attached hydrogen (secondary N) is 1. The molecule has 130 valence electrons. The predicted octanol–water partition coefficient (Wildman–Crippen LogP) is 3.74. The van der Waals surface area contributed by atoms with Crippen LogP contribution in [0, 0.1) is 0 Å². The number of phenols is 1. The van der Waals surface area contributed by atoms with E-state index in [9.17, 15) is 9.90 Å². The second-order valence-electron chi connectivity index (χ2n) is 5.52. The maximum atomic E-state index is 12.0. The summed E-state index contributed by atoms with van der Waals surface area (Å²) in [5.41, 5.74) is 4.37. The molecule has 0 aliphatic heterocycles. The Bertz CT molecular complexity index is 908. The third-order valence-corrected chi connectivity index (χ3v) is 3.71. The third kappa shape index (κ3) is 4.48. The molecule has 2 N–H and O–H groups in total. The lowest BCUT2D eigenvalue weighted by Crippen LogP contribution is -2.17. The van der Waals surface area contributed by atoms with Gasteiger partial charge in [0.25, 0.3) is 5.91 Å². The molecule has 0 aromatic heterocycles. The fourth-order valence-electron chi connectivity index (χ4n) is 2.36. The van der Waals surface area contributed by atoms with E-state index in [-0.39, 0.29) is 11.3 Å². The zero-order valence-corrected chi connectivity index (χ0v) is 14.0. The molecule has 0 aliphatic rings. The lowest BCUT2D eigenvalue weighted by Gasteiger charge is -2.08. The van der Waals surface area contributed by atoms with E-state index < -0.39 is 5.91 Å². The molecule has 0 bridgehead atoms. The standard InChI is InChI=1S/C21H18N2O3/c24-20-13-7-6-12-19(20)21(25)23-22-14-16-8-4-5-9-17(16)15-26-18-10-2-1-3-11-18/h1-14,24H,15H2,(H,23,25)/b22-14-. The number of amides is 1. The van der Waals surface area contributed by atoms with Crippen molar-refractivity contribution in [3.8, 4) is 11.5 Å². The zero-order chi connectivity index (χ0) is 18.2. The largest absolute Gasteiger partial charge is 0.507 e. The maximum absolute atomic E-state index is 12.0. The van der Waals surface area contributed by atoms with Crippen molar-refractivity contribution in [1.82, 2.24) is 5.43 Å². The molecule has 0 fully saturated rings. The number of hydrogen-bond acceptors (Lipinski definition) is 4. The highest BCUT2D eigenvalue weighted by molar-refractivity contribution is 5.97. The van der Waals surface area contributed by atoms with Crippen LogP contribution in [-0.4, -0.2) is 17.2 Å². The molecule has 0 spiro atoms. The Morgan fingerprint density at radius 2 is 1.65 bits per heavy atom. The molecule has 3 rings (SSSR count). The van der Waals surface area contributed by atoms with Crippen molar-refractivity contribution in [2.24, 2.45) is 5.10 Å². The van der Waals surface area contributed by atoms with Crippen LogP contribution in [0.3, 0.4) is 0 Å². The van der Waals surface area contributed by atoms with E-state index in [0.29, 0.717) is 6.61 Å². The van der Waals surface area contributed by atoms with Crippen LogP contribution in [-0.2, 0) is 6.61 Å². The Balaban J connectivity index is 1.65. The summed E-state index contributed by atoms with van der Waals surface area (Å²) in [6.45, 7) is 0.389. The molecule has 3 aromatic carbocycles. The molecular weight excluding hydrogens is 328 g/mol. The quantitative estimate of drug-likeness (QED) is 0.528. The van der Waals surface area contributed by atoms with Crippen LogP contribution in [0.4, 0.5) is 0 Å². The molecule has 26 heavy (non-hydrogen) atoms. The molecule has 5 heteroatoms. The number of carbonyl (C=O) groups is 1. The number of para-hydroxylation sites is 2. The molecular formula is C21H18N2O3. The summed E-state index contributed by atoms with van der Waals surface area (Å²) < 4.78 is 5.76. The SMILES string of the molecule is O=C(N/N=C\c1ccccc1COc1ccccc1)c1ccccc1O. The summed E-state index contributed by atoms with van der Waals surface area (Å²) in [7, 11) is 0. The Morgan fingerprint density at radius 3 is 2.46 bits per heavy atom. The Labute approximate surface area is 151 Å². The minimum absolute atomic E-state index is 0.0862. The lowest BCUT2D eigenvalue weighted by molar-refractivity contribution is 0.0952. The third-order valence-electron chi connectivity index (χ3n) is 3.71. The lowest BCUT2D eigenvalue weighted by atomic mass is 10.1. The van der Waals surface area contributed by atoms with E-state index in [0.717, 1.165) is 16.9 Å². The van der Waals surface area contributed by atoms with Crippen molar-refractivity contribution in [3.05, 3.63) is 95.6 Å². The van der Waals surface area contributed by atoms with Crippen LogP contribution < -0.4 is 10.2 Å². The first-order valence-corrected chi connectivity index (χ1v) is 8.11. The highest BCUT2D eigenvalue weighted by Gasteiger charge is 2.08. The second kappa shape index (κ2) is 8.48. The number of phenolic OH excluding ortho intramolecular Hbond substituents is 1. The average molecular weight is 346 g/mol. The van der Waals surface area contributed by atoms with Crippen LogP contribution in [0.25, 0.3) is 0 Å². The van der Waals surface area contributed by atoms with E-state index in [1.165, 1.54) is 12.1 Å². The van der Waals surface area contributed by atoms with Crippen LogP contribution >= 0.6 is 0 Å². The van der Waals surface area contributed by atoms with Crippen molar-refractivity contribution < 1.29 is 14.6 Å². The molecule has 0 heterocycles. The van der Waals surface area contributed by atoms with E-state index in [4.69, 9.17) is 4.74 Å². The number of rotatable bonds is 6. The van der Waals surface area contributed by atoms with Crippen molar-refractivity contribution in [2.75, 3.05) is 0 Å². The van der Waals surface area contributed by atoms with Gasteiger partial charge in [-0.05, 0) is 29.8 Å². The molecule has 1 amide bonds. The number of hydrogen-bond donors (Lipinski definition) is 2. The molecule has 0 unspecified atom stereocenters. The van der Waals surface area contributed by atoms with Gasteiger partial charge in [-0.2, -0.15) is 5.10 Å². The van der Waals surface area contributed by atoms with E-state index in [1.54, 1.807) is 18.3 Å². The minimum atomic E-state index is -0.475. The number of hydrazone groups is 1. The number of aromatic hydroxyl groups is 1. The molecule has 0 aliphatic carbocycles. The summed E-state index contributed by atoms with van der Waals surface area (Å²) in [6.07, 6.45) is 1.56. The van der Waals surface area contributed by atoms with Gasteiger partial charge in [0.1, 0.15) is 18.1 Å². The highest BCUT2D eigenvalue weighted by atomic mass is 16.5. The van der Waals surface area contributed by atoms with Crippen LogP contribution in [0.15, 0.2) is 84.0 Å². The molecule has 0 saturated heterocycles. The summed E-state index contributed by atoms with van der Waals surface area (Å²) >= 11 is 0. The second-order valence-corrected chi connectivity index (χ2v) is 5.52. The summed E-state index contributed by atoms with van der Waals surface area (Å²) in [5.74, 6) is 0.223. The van der Waals surface area contributed by atoms with Gasteiger partial charge in [-0.25, -0.2) is 5.43 Å². The fourth-order valence-corrected chi connectivity index (χ4v) is 2.36. The Kier molecular flexibility index (Phi) is 5.62. The first kappa shape index (κ1) is 17.2. The minimum Gasteiger partial charge on any atom is -0.507 e. The topological polar surface area (TPSA) is 70.9 Å². The van der Waals surface area contributed by atoms with Crippen molar-refractivity contribution in [1.29, 1.82) is 0 Å². The summed E-state index contributed by atoms with van der Waals surface area (Å²) in [4.78, 5) is 12.0. The smallest absolute Gasteiger partial charge is 0.275 e. The normalized spacial score (nSPS) is 10.6. The highest BCUT2D eigenvalue weighted by Crippen LogP contribution is 2.15.